The lowest BCUT2D eigenvalue weighted by atomic mass is 10.2. The molecule has 12 heavy (non-hydrogen) atoms. The first-order chi connectivity index (χ1) is 5.57. The molecule has 5 heteroatoms. The van der Waals surface area contributed by atoms with Gasteiger partial charge in [-0.15, -0.1) is 0 Å². The Labute approximate surface area is 77.5 Å². The Bertz CT molecular complexity index is 173. The van der Waals surface area contributed by atoms with Crippen LogP contribution in [-0.4, -0.2) is 31.2 Å². The van der Waals surface area contributed by atoms with Gasteiger partial charge in [0, 0.05) is 19.6 Å². The van der Waals surface area contributed by atoms with Crippen molar-refractivity contribution in [2.75, 3.05) is 20.3 Å². The molecule has 0 rings (SSSR count). The molecule has 3 N–H and O–H groups in total. The van der Waals surface area contributed by atoms with Crippen LogP contribution in [0.1, 0.15) is 6.92 Å². The molecule has 0 bridgehead atoms. The topological polar surface area (TPSA) is 64.3 Å². The smallest absolute Gasteiger partial charge is 0.246 e. The standard InChI is InChI=1S/C7H14N2O2S/c1-5(7(8)12)3-9-6(10)4-11-2/h5H,3-4H2,1-2H3,(H2,8,12)(H,9,10). The maximum Gasteiger partial charge on any atom is 0.246 e. The zero-order valence-electron chi connectivity index (χ0n) is 7.29. The molecule has 0 aliphatic rings. The maximum atomic E-state index is 10.8. The van der Waals surface area contributed by atoms with Crippen LogP contribution in [-0.2, 0) is 9.53 Å². The largest absolute Gasteiger partial charge is 0.393 e. The van der Waals surface area contributed by atoms with Crippen molar-refractivity contribution < 1.29 is 9.53 Å². The number of nitrogens with two attached hydrogens (primary N) is 1. The lowest BCUT2D eigenvalue weighted by Gasteiger charge is -2.09. The van der Waals surface area contributed by atoms with Crippen LogP contribution in [0.25, 0.3) is 0 Å². The molecule has 1 unspecified atom stereocenters. The maximum absolute atomic E-state index is 10.8. The van der Waals surface area contributed by atoms with Crippen molar-refractivity contribution in [3.8, 4) is 0 Å². The zero-order valence-corrected chi connectivity index (χ0v) is 8.11. The Hall–Kier alpha value is -0.680. The molecule has 0 spiro atoms. The minimum Gasteiger partial charge on any atom is -0.393 e. The fraction of sp³-hybridized carbons (Fsp3) is 0.714. The van der Waals surface area contributed by atoms with Crippen LogP contribution in [0.4, 0.5) is 0 Å². The molecular weight excluding hydrogens is 176 g/mol. The van der Waals surface area contributed by atoms with Crippen molar-refractivity contribution in [1.29, 1.82) is 0 Å². The van der Waals surface area contributed by atoms with Crippen LogP contribution in [0.5, 0.6) is 0 Å². The number of ether oxygens (including phenoxy) is 1. The average molecular weight is 190 g/mol. The van der Waals surface area contributed by atoms with Crippen LogP contribution < -0.4 is 11.1 Å². The van der Waals surface area contributed by atoms with Gasteiger partial charge in [-0.05, 0) is 0 Å². The summed E-state index contributed by atoms with van der Waals surface area (Å²) >= 11 is 4.73. The number of thiocarbonyl (C=S) groups is 1. The van der Waals surface area contributed by atoms with Gasteiger partial charge >= 0.3 is 0 Å². The van der Waals surface area contributed by atoms with Crippen LogP contribution in [0.15, 0.2) is 0 Å². The van der Waals surface area contributed by atoms with E-state index in [0.717, 1.165) is 0 Å². The van der Waals surface area contributed by atoms with Crippen LogP contribution in [0.2, 0.25) is 0 Å². The monoisotopic (exact) mass is 190 g/mol. The first kappa shape index (κ1) is 11.3. The van der Waals surface area contributed by atoms with E-state index in [1.807, 2.05) is 6.92 Å². The molecule has 4 nitrogen and oxygen atoms in total. The van der Waals surface area contributed by atoms with E-state index < -0.39 is 0 Å². The van der Waals surface area contributed by atoms with Crippen molar-refractivity contribution in [3.05, 3.63) is 0 Å². The van der Waals surface area contributed by atoms with Crippen LogP contribution >= 0.6 is 12.2 Å². The second-order valence-electron chi connectivity index (χ2n) is 2.54. The van der Waals surface area contributed by atoms with Gasteiger partial charge in [0.05, 0.1) is 4.99 Å². The number of hydrogen-bond acceptors (Lipinski definition) is 3. The highest BCUT2D eigenvalue weighted by atomic mass is 32.1. The van der Waals surface area contributed by atoms with Crippen molar-refractivity contribution in [3.63, 3.8) is 0 Å². The Morgan fingerprint density at radius 3 is 2.75 bits per heavy atom. The average Bonchev–Trinajstić information content (AvgIpc) is 2.00. The predicted octanol–water partition coefficient (Wildman–Crippen LogP) is -0.329. The number of hydrogen-bond donors (Lipinski definition) is 2. The van der Waals surface area contributed by atoms with E-state index in [4.69, 9.17) is 18.0 Å². The van der Waals surface area contributed by atoms with Gasteiger partial charge in [0.1, 0.15) is 6.61 Å². The molecular formula is C7H14N2O2S. The van der Waals surface area contributed by atoms with E-state index in [0.29, 0.717) is 11.5 Å². The summed E-state index contributed by atoms with van der Waals surface area (Å²) in [5.74, 6) is -0.124. The summed E-state index contributed by atoms with van der Waals surface area (Å²) < 4.78 is 4.62. The van der Waals surface area contributed by atoms with Gasteiger partial charge in [-0.25, -0.2) is 0 Å². The third-order valence-electron chi connectivity index (χ3n) is 1.37. The van der Waals surface area contributed by atoms with Crippen molar-refractivity contribution in [1.82, 2.24) is 5.32 Å². The summed E-state index contributed by atoms with van der Waals surface area (Å²) in [6.45, 7) is 2.40. The number of amides is 1. The second-order valence-corrected chi connectivity index (χ2v) is 3.01. The lowest BCUT2D eigenvalue weighted by molar-refractivity contribution is -0.124. The van der Waals surface area contributed by atoms with E-state index in [1.165, 1.54) is 7.11 Å². The predicted molar refractivity (Wildman–Crippen MR) is 50.8 cm³/mol. The normalized spacial score (nSPS) is 12.2. The zero-order chi connectivity index (χ0) is 9.56. The quantitative estimate of drug-likeness (QED) is 0.583. The lowest BCUT2D eigenvalue weighted by Crippen LogP contribution is -2.35. The molecule has 1 atom stereocenters. The third-order valence-corrected chi connectivity index (χ3v) is 1.77. The van der Waals surface area contributed by atoms with E-state index in [-0.39, 0.29) is 18.4 Å². The fourth-order valence-electron chi connectivity index (χ4n) is 0.550. The minimum atomic E-state index is -0.152. The first-order valence-corrected chi connectivity index (χ1v) is 4.03. The van der Waals surface area contributed by atoms with Gasteiger partial charge in [-0.2, -0.15) is 0 Å². The summed E-state index contributed by atoms with van der Waals surface area (Å²) in [6.07, 6.45) is 0. The number of rotatable bonds is 5. The molecule has 1 amide bonds. The number of carbonyl (C=O) groups is 1. The molecule has 0 aliphatic carbocycles. The molecule has 0 fully saturated rings. The van der Waals surface area contributed by atoms with Crippen LogP contribution in [0.3, 0.4) is 0 Å². The van der Waals surface area contributed by atoms with Gasteiger partial charge in [0.2, 0.25) is 5.91 Å². The Morgan fingerprint density at radius 1 is 1.75 bits per heavy atom. The van der Waals surface area contributed by atoms with Crippen LogP contribution in [0, 0.1) is 5.92 Å². The molecule has 0 aromatic heterocycles. The summed E-state index contributed by atoms with van der Waals surface area (Å²) in [6, 6.07) is 0. The van der Waals surface area contributed by atoms with Gasteiger partial charge in [0.15, 0.2) is 0 Å². The molecule has 0 heterocycles. The molecule has 0 aromatic rings. The summed E-state index contributed by atoms with van der Waals surface area (Å²) in [5, 5.41) is 2.63. The summed E-state index contributed by atoms with van der Waals surface area (Å²) in [4.78, 5) is 11.3. The van der Waals surface area contributed by atoms with Crippen molar-refractivity contribution >= 4 is 23.1 Å². The number of nitrogens with one attached hydrogen (secondary N) is 1. The molecule has 0 aliphatic heterocycles. The summed E-state index contributed by atoms with van der Waals surface area (Å²) in [7, 11) is 1.47. The van der Waals surface area contributed by atoms with Gasteiger partial charge < -0.3 is 15.8 Å². The van der Waals surface area contributed by atoms with Gasteiger partial charge in [0.25, 0.3) is 0 Å². The Balaban J connectivity index is 3.54. The van der Waals surface area contributed by atoms with Gasteiger partial charge in [-0.1, -0.05) is 19.1 Å². The third kappa shape index (κ3) is 5.03. The van der Waals surface area contributed by atoms with E-state index in [2.05, 4.69) is 10.1 Å². The molecule has 0 aromatic carbocycles. The number of methoxy groups -OCH3 is 1. The fourth-order valence-corrected chi connectivity index (χ4v) is 0.633. The van der Waals surface area contributed by atoms with E-state index in [9.17, 15) is 4.79 Å². The second kappa shape index (κ2) is 5.91. The molecule has 0 radical (unpaired) electrons. The highest BCUT2D eigenvalue weighted by Crippen LogP contribution is 1.91. The highest BCUT2D eigenvalue weighted by molar-refractivity contribution is 7.80. The summed E-state index contributed by atoms with van der Waals surface area (Å²) in [5.41, 5.74) is 5.35. The van der Waals surface area contributed by atoms with Gasteiger partial charge in [-0.3, -0.25) is 4.79 Å². The minimum absolute atomic E-state index is 0.0285. The Kier molecular flexibility index (Phi) is 5.57. The highest BCUT2D eigenvalue weighted by Gasteiger charge is 2.06. The molecule has 70 valence electrons. The van der Waals surface area contributed by atoms with E-state index >= 15 is 0 Å². The van der Waals surface area contributed by atoms with E-state index in [1.54, 1.807) is 0 Å². The SMILES string of the molecule is COCC(=O)NCC(C)C(N)=S. The first-order valence-electron chi connectivity index (χ1n) is 3.63. The van der Waals surface area contributed by atoms with Crippen molar-refractivity contribution in [2.45, 2.75) is 6.92 Å². The molecule has 0 saturated heterocycles. The number of carbonyl (C=O) groups excluding carboxylic acids is 1. The molecule has 0 saturated carbocycles. The van der Waals surface area contributed by atoms with Crippen molar-refractivity contribution in [2.24, 2.45) is 11.7 Å². The Morgan fingerprint density at radius 2 is 2.33 bits per heavy atom.